The van der Waals surface area contributed by atoms with Crippen molar-refractivity contribution in [3.63, 3.8) is 0 Å². The maximum atomic E-state index is 12.0. The quantitative estimate of drug-likeness (QED) is 0.906. The number of nitrogen functional groups attached to an aromatic ring is 1. The molecule has 0 saturated carbocycles. The highest BCUT2D eigenvalue weighted by atomic mass is 35.5. The van der Waals surface area contributed by atoms with E-state index in [-0.39, 0.29) is 24.1 Å². The number of hydrogen-bond acceptors (Lipinski definition) is 3. The molecule has 0 radical (unpaired) electrons. The highest BCUT2D eigenvalue weighted by molar-refractivity contribution is 6.30. The van der Waals surface area contributed by atoms with Crippen molar-refractivity contribution in [2.75, 3.05) is 5.73 Å². The molecular formula is C15H16ClN3O2. The molecule has 0 fully saturated rings. The first kappa shape index (κ1) is 15.1. The maximum absolute atomic E-state index is 12.0. The average molecular weight is 306 g/mol. The van der Waals surface area contributed by atoms with Crippen molar-refractivity contribution >= 4 is 23.2 Å². The first-order chi connectivity index (χ1) is 9.95. The van der Waals surface area contributed by atoms with E-state index >= 15 is 0 Å². The number of amides is 1. The fraction of sp³-hybridized carbons (Fsp3) is 0.200. The number of aromatic nitrogens is 1. The van der Waals surface area contributed by atoms with Crippen LogP contribution in [0.5, 0.6) is 0 Å². The Hall–Kier alpha value is -2.27. The van der Waals surface area contributed by atoms with Crippen LogP contribution in [0.2, 0.25) is 5.02 Å². The first-order valence-electron chi connectivity index (χ1n) is 6.46. The molecule has 0 spiro atoms. The van der Waals surface area contributed by atoms with E-state index in [1.807, 2.05) is 19.1 Å². The van der Waals surface area contributed by atoms with Gasteiger partial charge in [0.25, 0.3) is 5.56 Å². The third-order valence-electron chi connectivity index (χ3n) is 3.07. The number of anilines is 1. The van der Waals surface area contributed by atoms with Crippen molar-refractivity contribution in [1.82, 2.24) is 9.88 Å². The molecule has 5 nitrogen and oxygen atoms in total. The minimum Gasteiger partial charge on any atom is -0.398 e. The Morgan fingerprint density at radius 1 is 1.29 bits per heavy atom. The van der Waals surface area contributed by atoms with E-state index in [0.29, 0.717) is 10.7 Å². The lowest BCUT2D eigenvalue weighted by Gasteiger charge is -2.15. The first-order valence-corrected chi connectivity index (χ1v) is 6.84. The minimum atomic E-state index is -0.265. The number of hydrogen-bond donors (Lipinski definition) is 2. The fourth-order valence-corrected chi connectivity index (χ4v) is 2.08. The smallest absolute Gasteiger partial charge is 0.251 e. The number of nitrogens with one attached hydrogen (secondary N) is 1. The Bertz CT molecular complexity index is 695. The molecule has 1 unspecified atom stereocenters. The van der Waals surface area contributed by atoms with Gasteiger partial charge in [-0.1, -0.05) is 23.7 Å². The molecule has 1 heterocycles. The highest BCUT2D eigenvalue weighted by Gasteiger charge is 2.10. The number of pyridine rings is 1. The molecule has 0 saturated heterocycles. The van der Waals surface area contributed by atoms with Crippen molar-refractivity contribution in [2.24, 2.45) is 0 Å². The number of nitrogens with zero attached hydrogens (tertiary/aromatic N) is 1. The molecule has 2 aromatic rings. The maximum Gasteiger partial charge on any atom is 0.251 e. The summed E-state index contributed by atoms with van der Waals surface area (Å²) in [5.74, 6) is -0.259. The molecular weight excluding hydrogens is 290 g/mol. The van der Waals surface area contributed by atoms with Crippen LogP contribution < -0.4 is 16.6 Å². The van der Waals surface area contributed by atoms with E-state index < -0.39 is 0 Å². The van der Waals surface area contributed by atoms with Crippen LogP contribution in [0.25, 0.3) is 0 Å². The summed E-state index contributed by atoms with van der Waals surface area (Å²) < 4.78 is 1.28. The standard InChI is InChI=1S/C15H16ClN3O2/c1-10(11-2-4-12(16)5-3-11)18-14(20)9-19-8-13(17)6-7-15(19)21/h2-8,10H,9,17H2,1H3,(H,18,20). The van der Waals surface area contributed by atoms with Crippen molar-refractivity contribution in [3.8, 4) is 0 Å². The normalized spacial score (nSPS) is 11.9. The van der Waals surface area contributed by atoms with Gasteiger partial charge in [-0.2, -0.15) is 0 Å². The molecule has 0 aliphatic carbocycles. The largest absolute Gasteiger partial charge is 0.398 e. The second-order valence-corrected chi connectivity index (χ2v) is 5.21. The van der Waals surface area contributed by atoms with Crippen molar-refractivity contribution < 1.29 is 4.79 Å². The van der Waals surface area contributed by atoms with Crippen LogP contribution in [0.15, 0.2) is 47.4 Å². The lowest BCUT2D eigenvalue weighted by atomic mass is 10.1. The van der Waals surface area contributed by atoms with Gasteiger partial charge in [0, 0.05) is 23.0 Å². The van der Waals surface area contributed by atoms with E-state index in [4.69, 9.17) is 17.3 Å². The number of halogens is 1. The molecule has 0 aliphatic heterocycles. The third-order valence-corrected chi connectivity index (χ3v) is 3.32. The summed E-state index contributed by atoms with van der Waals surface area (Å²) in [6.07, 6.45) is 1.45. The fourth-order valence-electron chi connectivity index (χ4n) is 1.95. The Labute approximate surface area is 127 Å². The van der Waals surface area contributed by atoms with Crippen LogP contribution in [0, 0.1) is 0 Å². The SMILES string of the molecule is CC(NC(=O)Cn1cc(N)ccc1=O)c1ccc(Cl)cc1. The zero-order chi connectivity index (χ0) is 15.4. The number of rotatable bonds is 4. The summed E-state index contributed by atoms with van der Waals surface area (Å²) in [7, 11) is 0. The van der Waals surface area contributed by atoms with Crippen molar-refractivity contribution in [3.05, 3.63) is 63.5 Å². The summed E-state index contributed by atoms with van der Waals surface area (Å²) in [4.78, 5) is 23.6. The van der Waals surface area contributed by atoms with Gasteiger partial charge in [0.1, 0.15) is 6.54 Å². The molecule has 6 heteroatoms. The van der Waals surface area contributed by atoms with Gasteiger partial charge in [-0.25, -0.2) is 0 Å². The van der Waals surface area contributed by atoms with E-state index in [1.54, 1.807) is 12.1 Å². The summed E-state index contributed by atoms with van der Waals surface area (Å²) in [6.45, 7) is 1.80. The van der Waals surface area contributed by atoms with Gasteiger partial charge in [0.2, 0.25) is 5.91 Å². The summed E-state index contributed by atoms with van der Waals surface area (Å²) in [6, 6.07) is 9.90. The molecule has 1 atom stereocenters. The van der Waals surface area contributed by atoms with Crippen LogP contribution in [0.4, 0.5) is 5.69 Å². The predicted octanol–water partition coefficient (Wildman–Crippen LogP) is 1.96. The molecule has 21 heavy (non-hydrogen) atoms. The summed E-state index contributed by atoms with van der Waals surface area (Å²) in [5, 5.41) is 3.47. The van der Waals surface area contributed by atoms with E-state index in [0.717, 1.165) is 5.56 Å². The summed E-state index contributed by atoms with van der Waals surface area (Å²) in [5.41, 5.74) is 6.72. The molecule has 2 rings (SSSR count). The highest BCUT2D eigenvalue weighted by Crippen LogP contribution is 2.15. The van der Waals surface area contributed by atoms with Gasteiger partial charge in [-0.05, 0) is 30.7 Å². The van der Waals surface area contributed by atoms with Gasteiger partial charge in [-0.3, -0.25) is 9.59 Å². The zero-order valence-electron chi connectivity index (χ0n) is 11.5. The molecule has 0 aliphatic rings. The summed E-state index contributed by atoms with van der Waals surface area (Å²) >= 11 is 5.82. The lowest BCUT2D eigenvalue weighted by Crippen LogP contribution is -2.33. The van der Waals surface area contributed by atoms with Crippen LogP contribution in [-0.2, 0) is 11.3 Å². The van der Waals surface area contributed by atoms with Gasteiger partial charge < -0.3 is 15.6 Å². The molecule has 110 valence electrons. The zero-order valence-corrected chi connectivity index (χ0v) is 12.3. The molecule has 0 bridgehead atoms. The number of benzene rings is 1. The van der Waals surface area contributed by atoms with Gasteiger partial charge in [0.15, 0.2) is 0 Å². The second-order valence-electron chi connectivity index (χ2n) is 4.77. The Morgan fingerprint density at radius 3 is 2.62 bits per heavy atom. The van der Waals surface area contributed by atoms with Gasteiger partial charge in [0.05, 0.1) is 6.04 Å². The van der Waals surface area contributed by atoms with E-state index in [9.17, 15) is 9.59 Å². The molecule has 1 aromatic heterocycles. The lowest BCUT2D eigenvalue weighted by molar-refractivity contribution is -0.122. The Kier molecular flexibility index (Phi) is 4.65. The second kappa shape index (κ2) is 6.45. The van der Waals surface area contributed by atoms with Crippen LogP contribution in [-0.4, -0.2) is 10.5 Å². The predicted molar refractivity (Wildman–Crippen MR) is 83.1 cm³/mol. The van der Waals surface area contributed by atoms with E-state index in [1.165, 1.54) is 22.9 Å². The third kappa shape index (κ3) is 4.10. The van der Waals surface area contributed by atoms with Crippen LogP contribution >= 0.6 is 11.6 Å². The van der Waals surface area contributed by atoms with Gasteiger partial charge >= 0.3 is 0 Å². The molecule has 1 aromatic carbocycles. The number of nitrogens with two attached hydrogens (primary N) is 1. The Morgan fingerprint density at radius 2 is 1.95 bits per heavy atom. The number of carbonyl (C=O) groups excluding carboxylic acids is 1. The topological polar surface area (TPSA) is 77.1 Å². The van der Waals surface area contributed by atoms with Crippen molar-refractivity contribution in [1.29, 1.82) is 0 Å². The van der Waals surface area contributed by atoms with Crippen molar-refractivity contribution in [2.45, 2.75) is 19.5 Å². The van der Waals surface area contributed by atoms with Crippen LogP contribution in [0.3, 0.4) is 0 Å². The minimum absolute atomic E-state index is 0.0677. The molecule has 1 amide bonds. The average Bonchev–Trinajstić information content (AvgIpc) is 2.43. The van der Waals surface area contributed by atoms with E-state index in [2.05, 4.69) is 5.32 Å². The molecule has 3 N–H and O–H groups in total. The number of carbonyl (C=O) groups is 1. The van der Waals surface area contributed by atoms with Crippen LogP contribution in [0.1, 0.15) is 18.5 Å². The van der Waals surface area contributed by atoms with Gasteiger partial charge in [-0.15, -0.1) is 0 Å². The Balaban J connectivity index is 2.03. The monoisotopic (exact) mass is 305 g/mol.